The van der Waals surface area contributed by atoms with E-state index in [9.17, 15) is 0 Å². The molecule has 1 atom stereocenters. The van der Waals surface area contributed by atoms with Gasteiger partial charge in [-0.2, -0.15) is 0 Å². The lowest BCUT2D eigenvalue weighted by atomic mass is 10.1. The van der Waals surface area contributed by atoms with E-state index in [0.717, 1.165) is 18.9 Å². The van der Waals surface area contributed by atoms with Crippen LogP contribution in [0.5, 0.6) is 0 Å². The maximum absolute atomic E-state index is 4.58. The first-order chi connectivity index (χ1) is 9.16. The lowest BCUT2D eigenvalue weighted by molar-refractivity contribution is 0.586. The molecule has 1 aliphatic rings. The zero-order valence-corrected chi connectivity index (χ0v) is 12.5. The minimum Gasteiger partial charge on any atom is -0.354 e. The predicted octanol–water partition coefficient (Wildman–Crippen LogP) is 3.35. The first-order valence-corrected chi connectivity index (χ1v) is 7.62. The second-order valence-corrected chi connectivity index (χ2v) is 5.95. The number of hydrogen-bond acceptors (Lipinski definition) is 3. The summed E-state index contributed by atoms with van der Waals surface area (Å²) in [6.07, 6.45) is 7.24. The highest BCUT2D eigenvalue weighted by Gasteiger charge is 2.18. The number of nitrogens with zero attached hydrogens (tertiary/aromatic N) is 2. The number of nitrogens with one attached hydrogen (secondary N) is 1. The van der Waals surface area contributed by atoms with Gasteiger partial charge in [-0.15, -0.1) is 0 Å². The maximum atomic E-state index is 4.58. The molecule has 19 heavy (non-hydrogen) atoms. The predicted molar refractivity (Wildman–Crippen MR) is 81.5 cm³/mol. The molecule has 0 bridgehead atoms. The Morgan fingerprint density at radius 1 is 1.37 bits per heavy atom. The van der Waals surface area contributed by atoms with Crippen molar-refractivity contribution >= 4 is 5.82 Å². The molecule has 1 aliphatic heterocycles. The molecule has 1 N–H and O–H groups in total. The van der Waals surface area contributed by atoms with E-state index in [0.29, 0.717) is 12.1 Å². The van der Waals surface area contributed by atoms with Crippen molar-refractivity contribution < 1.29 is 0 Å². The molecule has 1 unspecified atom stereocenters. The zero-order valence-electron chi connectivity index (χ0n) is 12.5. The molecular weight excluding hydrogens is 234 g/mol. The van der Waals surface area contributed by atoms with Gasteiger partial charge in [0.1, 0.15) is 5.82 Å². The second kappa shape index (κ2) is 6.90. The van der Waals surface area contributed by atoms with E-state index in [1.54, 1.807) is 0 Å². The SMILES string of the molecule is CC(C)NCc1ccnc(N2CCCCCC2C)c1. The Kier molecular flexibility index (Phi) is 5.20. The highest BCUT2D eigenvalue weighted by molar-refractivity contribution is 5.42. The summed E-state index contributed by atoms with van der Waals surface area (Å²) in [5.74, 6) is 1.15. The third-order valence-electron chi connectivity index (χ3n) is 3.87. The van der Waals surface area contributed by atoms with Crippen molar-refractivity contribution in [3.8, 4) is 0 Å². The van der Waals surface area contributed by atoms with Gasteiger partial charge in [0.2, 0.25) is 0 Å². The van der Waals surface area contributed by atoms with Crippen molar-refractivity contribution in [2.24, 2.45) is 0 Å². The molecule has 0 aromatic carbocycles. The number of aromatic nitrogens is 1. The first kappa shape index (κ1) is 14.3. The van der Waals surface area contributed by atoms with Crippen LogP contribution in [0.3, 0.4) is 0 Å². The first-order valence-electron chi connectivity index (χ1n) is 7.62. The van der Waals surface area contributed by atoms with Crippen molar-refractivity contribution in [3.63, 3.8) is 0 Å². The molecule has 0 aliphatic carbocycles. The number of rotatable bonds is 4. The third kappa shape index (κ3) is 4.20. The molecule has 1 fully saturated rings. The number of hydrogen-bond donors (Lipinski definition) is 1. The van der Waals surface area contributed by atoms with Gasteiger partial charge in [0.15, 0.2) is 0 Å². The van der Waals surface area contributed by atoms with Crippen LogP contribution in [0.1, 0.15) is 52.0 Å². The summed E-state index contributed by atoms with van der Waals surface area (Å²) in [7, 11) is 0. The molecular formula is C16H27N3. The minimum absolute atomic E-state index is 0.522. The smallest absolute Gasteiger partial charge is 0.129 e. The van der Waals surface area contributed by atoms with Crippen LogP contribution in [0.25, 0.3) is 0 Å². The molecule has 0 saturated carbocycles. The van der Waals surface area contributed by atoms with Crippen LogP contribution in [-0.4, -0.2) is 23.6 Å². The number of pyridine rings is 1. The average molecular weight is 261 g/mol. The molecule has 2 heterocycles. The standard InChI is InChI=1S/C16H27N3/c1-13(2)18-12-15-8-9-17-16(11-15)19-10-6-4-5-7-14(19)3/h8-9,11,13-14,18H,4-7,10,12H2,1-3H3. The van der Waals surface area contributed by atoms with Gasteiger partial charge in [0, 0.05) is 31.4 Å². The molecule has 1 aromatic rings. The van der Waals surface area contributed by atoms with Crippen LogP contribution in [0, 0.1) is 0 Å². The highest BCUT2D eigenvalue weighted by Crippen LogP contribution is 2.22. The normalized spacial score (nSPS) is 20.6. The Bertz CT molecular complexity index is 389. The fraction of sp³-hybridized carbons (Fsp3) is 0.688. The average Bonchev–Trinajstić information content (AvgIpc) is 2.61. The van der Waals surface area contributed by atoms with E-state index in [4.69, 9.17) is 0 Å². The lowest BCUT2D eigenvalue weighted by Crippen LogP contribution is -2.33. The van der Waals surface area contributed by atoms with Gasteiger partial charge < -0.3 is 10.2 Å². The minimum atomic E-state index is 0.522. The van der Waals surface area contributed by atoms with Crippen molar-refractivity contribution in [2.75, 3.05) is 11.4 Å². The van der Waals surface area contributed by atoms with Crippen LogP contribution >= 0.6 is 0 Å². The Morgan fingerprint density at radius 3 is 3.00 bits per heavy atom. The van der Waals surface area contributed by atoms with E-state index >= 15 is 0 Å². The topological polar surface area (TPSA) is 28.2 Å². The fourth-order valence-electron chi connectivity index (χ4n) is 2.66. The van der Waals surface area contributed by atoms with Crippen LogP contribution in [0.15, 0.2) is 18.3 Å². The summed E-state index contributed by atoms with van der Waals surface area (Å²) in [6, 6.07) is 5.50. The van der Waals surface area contributed by atoms with Crippen LogP contribution in [-0.2, 0) is 6.54 Å². The Labute approximate surface area is 117 Å². The Morgan fingerprint density at radius 2 is 2.21 bits per heavy atom. The lowest BCUT2D eigenvalue weighted by Gasteiger charge is -2.28. The van der Waals surface area contributed by atoms with Gasteiger partial charge in [-0.25, -0.2) is 4.98 Å². The van der Waals surface area contributed by atoms with Gasteiger partial charge in [-0.3, -0.25) is 0 Å². The number of anilines is 1. The molecule has 1 saturated heterocycles. The van der Waals surface area contributed by atoms with Gasteiger partial charge in [-0.05, 0) is 37.5 Å². The largest absolute Gasteiger partial charge is 0.354 e. The molecule has 3 nitrogen and oxygen atoms in total. The highest BCUT2D eigenvalue weighted by atomic mass is 15.2. The Hall–Kier alpha value is -1.09. The van der Waals surface area contributed by atoms with Crippen molar-refractivity contribution in [2.45, 2.75) is 65.1 Å². The summed E-state index contributed by atoms with van der Waals surface area (Å²) in [5.41, 5.74) is 1.33. The second-order valence-electron chi connectivity index (χ2n) is 5.95. The van der Waals surface area contributed by atoms with Crippen LogP contribution in [0.4, 0.5) is 5.82 Å². The van der Waals surface area contributed by atoms with E-state index in [1.165, 1.54) is 31.2 Å². The maximum Gasteiger partial charge on any atom is 0.129 e. The van der Waals surface area contributed by atoms with E-state index in [-0.39, 0.29) is 0 Å². The van der Waals surface area contributed by atoms with E-state index < -0.39 is 0 Å². The molecule has 0 spiro atoms. The molecule has 106 valence electrons. The van der Waals surface area contributed by atoms with Gasteiger partial charge in [0.25, 0.3) is 0 Å². The molecule has 0 radical (unpaired) electrons. The molecule has 3 heteroatoms. The van der Waals surface area contributed by atoms with Crippen LogP contribution < -0.4 is 10.2 Å². The summed E-state index contributed by atoms with van der Waals surface area (Å²) in [5, 5.41) is 3.47. The fourth-order valence-corrected chi connectivity index (χ4v) is 2.66. The van der Waals surface area contributed by atoms with Gasteiger partial charge >= 0.3 is 0 Å². The third-order valence-corrected chi connectivity index (χ3v) is 3.87. The van der Waals surface area contributed by atoms with Crippen molar-refractivity contribution in [1.29, 1.82) is 0 Å². The quantitative estimate of drug-likeness (QED) is 0.901. The molecule has 2 rings (SSSR count). The zero-order chi connectivity index (χ0) is 13.7. The van der Waals surface area contributed by atoms with Crippen LogP contribution in [0.2, 0.25) is 0 Å². The summed E-state index contributed by atoms with van der Waals surface area (Å²) >= 11 is 0. The van der Waals surface area contributed by atoms with Gasteiger partial charge in [-0.1, -0.05) is 26.7 Å². The van der Waals surface area contributed by atoms with Crippen molar-refractivity contribution in [3.05, 3.63) is 23.9 Å². The van der Waals surface area contributed by atoms with Crippen molar-refractivity contribution in [1.82, 2.24) is 10.3 Å². The molecule has 0 amide bonds. The van der Waals surface area contributed by atoms with E-state index in [2.05, 4.69) is 48.1 Å². The van der Waals surface area contributed by atoms with Gasteiger partial charge in [0.05, 0.1) is 0 Å². The van der Waals surface area contributed by atoms with E-state index in [1.807, 2.05) is 6.20 Å². The summed E-state index contributed by atoms with van der Waals surface area (Å²) in [4.78, 5) is 7.06. The summed E-state index contributed by atoms with van der Waals surface area (Å²) < 4.78 is 0. The molecule has 1 aromatic heterocycles. The monoisotopic (exact) mass is 261 g/mol. The summed E-state index contributed by atoms with van der Waals surface area (Å²) in [6.45, 7) is 8.76. The Balaban J connectivity index is 2.08.